The van der Waals surface area contributed by atoms with Crippen LogP contribution in [0, 0.1) is 0 Å². The smallest absolute Gasteiger partial charge is 0.0594 e. The van der Waals surface area contributed by atoms with E-state index in [-0.39, 0.29) is 0 Å². The van der Waals surface area contributed by atoms with Crippen LogP contribution < -0.4 is 5.32 Å². The minimum absolute atomic E-state index is 0.420. The van der Waals surface area contributed by atoms with Crippen LogP contribution in [-0.4, -0.2) is 25.3 Å². The summed E-state index contributed by atoms with van der Waals surface area (Å²) in [5, 5.41) is 3.58. The van der Waals surface area contributed by atoms with Crippen LogP contribution in [-0.2, 0) is 4.74 Å². The molecule has 0 spiro atoms. The second-order valence-electron chi connectivity index (χ2n) is 4.38. The molecule has 0 aromatic carbocycles. The fourth-order valence-corrected chi connectivity index (χ4v) is 1.95. The first-order chi connectivity index (χ1) is 6.83. The number of hydrogen-bond acceptors (Lipinski definition) is 2. The van der Waals surface area contributed by atoms with E-state index in [2.05, 4.69) is 19.2 Å². The summed E-state index contributed by atoms with van der Waals surface area (Å²) in [7, 11) is 0. The van der Waals surface area contributed by atoms with Gasteiger partial charge in [-0.3, -0.25) is 0 Å². The van der Waals surface area contributed by atoms with Gasteiger partial charge in [-0.2, -0.15) is 0 Å². The highest BCUT2D eigenvalue weighted by atomic mass is 16.5. The number of rotatable bonds is 6. The van der Waals surface area contributed by atoms with Crippen molar-refractivity contribution in [3.05, 3.63) is 0 Å². The van der Waals surface area contributed by atoms with Crippen molar-refractivity contribution in [1.29, 1.82) is 0 Å². The third kappa shape index (κ3) is 4.97. The molecule has 1 atom stereocenters. The molecule has 0 aromatic rings. The van der Waals surface area contributed by atoms with Crippen molar-refractivity contribution in [2.24, 2.45) is 0 Å². The summed E-state index contributed by atoms with van der Waals surface area (Å²) in [6.07, 6.45) is 8.51. The second kappa shape index (κ2) is 7.24. The Bertz CT molecular complexity index is 132. The average molecular weight is 199 g/mol. The van der Waals surface area contributed by atoms with E-state index >= 15 is 0 Å². The van der Waals surface area contributed by atoms with Gasteiger partial charge in [0.05, 0.1) is 12.7 Å². The van der Waals surface area contributed by atoms with Crippen LogP contribution >= 0.6 is 0 Å². The minimum Gasteiger partial charge on any atom is -0.377 e. The van der Waals surface area contributed by atoms with Gasteiger partial charge >= 0.3 is 0 Å². The number of nitrogens with one attached hydrogen (secondary N) is 1. The Balaban J connectivity index is 1.92. The molecular formula is C12H25NO. The van der Waals surface area contributed by atoms with Crippen LogP contribution in [0.4, 0.5) is 0 Å². The third-order valence-electron chi connectivity index (χ3n) is 3.12. The molecule has 0 radical (unpaired) electrons. The van der Waals surface area contributed by atoms with Gasteiger partial charge in [-0.1, -0.05) is 26.2 Å². The lowest BCUT2D eigenvalue weighted by atomic mass is 9.96. The number of ether oxygens (including phenoxy) is 1. The molecule has 0 heterocycles. The first-order valence-corrected chi connectivity index (χ1v) is 6.18. The number of hydrogen-bond donors (Lipinski definition) is 1. The molecule has 1 aliphatic carbocycles. The molecule has 14 heavy (non-hydrogen) atoms. The Morgan fingerprint density at radius 3 is 2.64 bits per heavy atom. The third-order valence-corrected chi connectivity index (χ3v) is 3.12. The van der Waals surface area contributed by atoms with Crippen LogP contribution in [0.5, 0.6) is 0 Å². The van der Waals surface area contributed by atoms with Crippen molar-refractivity contribution in [1.82, 2.24) is 5.32 Å². The predicted octanol–water partition coefficient (Wildman–Crippen LogP) is 2.72. The molecule has 0 aliphatic heterocycles. The van der Waals surface area contributed by atoms with Gasteiger partial charge in [-0.25, -0.2) is 0 Å². The van der Waals surface area contributed by atoms with Crippen LogP contribution in [0.3, 0.4) is 0 Å². The van der Waals surface area contributed by atoms with Crippen LogP contribution in [0.2, 0.25) is 0 Å². The molecule has 0 amide bonds. The van der Waals surface area contributed by atoms with E-state index in [1.54, 1.807) is 0 Å². The van der Waals surface area contributed by atoms with Crippen LogP contribution in [0.25, 0.3) is 0 Å². The van der Waals surface area contributed by atoms with Gasteiger partial charge < -0.3 is 10.1 Å². The fourth-order valence-electron chi connectivity index (χ4n) is 1.95. The van der Waals surface area contributed by atoms with E-state index in [0.29, 0.717) is 6.10 Å². The predicted molar refractivity (Wildman–Crippen MR) is 60.6 cm³/mol. The van der Waals surface area contributed by atoms with Gasteiger partial charge in [-0.05, 0) is 26.2 Å². The van der Waals surface area contributed by atoms with Crippen LogP contribution in [0.15, 0.2) is 0 Å². The first kappa shape index (κ1) is 12.0. The van der Waals surface area contributed by atoms with Gasteiger partial charge in [0.25, 0.3) is 0 Å². The Morgan fingerprint density at radius 2 is 2.00 bits per heavy atom. The topological polar surface area (TPSA) is 21.3 Å². The Hall–Kier alpha value is -0.0800. The Labute approximate surface area is 88.4 Å². The van der Waals surface area contributed by atoms with E-state index < -0.39 is 0 Å². The summed E-state index contributed by atoms with van der Waals surface area (Å²) in [5.41, 5.74) is 0. The van der Waals surface area contributed by atoms with E-state index in [4.69, 9.17) is 4.74 Å². The molecule has 0 aromatic heterocycles. The molecule has 84 valence electrons. The second-order valence-corrected chi connectivity index (χ2v) is 4.38. The summed E-state index contributed by atoms with van der Waals surface area (Å²) in [6, 6.07) is 0.768. The standard InChI is InChI=1S/C12H25NO/c1-3-11(2)14-10-9-13-12-7-5-4-6-8-12/h11-13H,3-10H2,1-2H3. The van der Waals surface area contributed by atoms with Gasteiger partial charge in [0.15, 0.2) is 0 Å². The first-order valence-electron chi connectivity index (χ1n) is 6.18. The quantitative estimate of drug-likeness (QED) is 0.664. The monoisotopic (exact) mass is 199 g/mol. The molecular weight excluding hydrogens is 174 g/mol. The van der Waals surface area contributed by atoms with Crippen molar-refractivity contribution in [3.63, 3.8) is 0 Å². The zero-order valence-electron chi connectivity index (χ0n) is 9.72. The zero-order valence-corrected chi connectivity index (χ0v) is 9.72. The molecule has 0 saturated heterocycles. The van der Waals surface area contributed by atoms with Gasteiger partial charge in [-0.15, -0.1) is 0 Å². The lowest BCUT2D eigenvalue weighted by Crippen LogP contribution is -2.34. The van der Waals surface area contributed by atoms with Crippen molar-refractivity contribution in [2.45, 2.75) is 64.5 Å². The molecule has 1 N–H and O–H groups in total. The highest BCUT2D eigenvalue weighted by molar-refractivity contribution is 4.71. The van der Waals surface area contributed by atoms with Gasteiger partial charge in [0.2, 0.25) is 0 Å². The highest BCUT2D eigenvalue weighted by Gasteiger charge is 2.11. The summed E-state index contributed by atoms with van der Waals surface area (Å²) in [6.45, 7) is 6.19. The maximum Gasteiger partial charge on any atom is 0.0594 e. The summed E-state index contributed by atoms with van der Waals surface area (Å²) < 4.78 is 5.62. The van der Waals surface area contributed by atoms with E-state index in [1.165, 1.54) is 32.1 Å². The SMILES string of the molecule is CCC(C)OCCNC1CCCCC1. The molecule has 2 nitrogen and oxygen atoms in total. The lowest BCUT2D eigenvalue weighted by molar-refractivity contribution is 0.0636. The molecule has 1 fully saturated rings. The van der Waals surface area contributed by atoms with E-state index in [9.17, 15) is 0 Å². The van der Waals surface area contributed by atoms with Gasteiger partial charge in [0, 0.05) is 12.6 Å². The van der Waals surface area contributed by atoms with Crippen LogP contribution in [0.1, 0.15) is 52.4 Å². The van der Waals surface area contributed by atoms with Crippen molar-refractivity contribution in [3.8, 4) is 0 Å². The lowest BCUT2D eigenvalue weighted by Gasteiger charge is -2.23. The average Bonchev–Trinajstić information content (AvgIpc) is 2.25. The molecule has 1 aliphatic rings. The maximum absolute atomic E-state index is 5.62. The summed E-state index contributed by atoms with van der Waals surface area (Å²) in [5.74, 6) is 0. The summed E-state index contributed by atoms with van der Waals surface area (Å²) >= 11 is 0. The minimum atomic E-state index is 0.420. The fraction of sp³-hybridized carbons (Fsp3) is 1.00. The molecule has 1 saturated carbocycles. The van der Waals surface area contributed by atoms with E-state index in [0.717, 1.165) is 25.6 Å². The van der Waals surface area contributed by atoms with Gasteiger partial charge in [0.1, 0.15) is 0 Å². The highest BCUT2D eigenvalue weighted by Crippen LogP contribution is 2.16. The van der Waals surface area contributed by atoms with Crippen molar-refractivity contribution in [2.75, 3.05) is 13.2 Å². The van der Waals surface area contributed by atoms with Crippen molar-refractivity contribution < 1.29 is 4.74 Å². The molecule has 1 unspecified atom stereocenters. The Kier molecular flexibility index (Phi) is 6.20. The van der Waals surface area contributed by atoms with E-state index in [1.807, 2.05) is 0 Å². The zero-order chi connectivity index (χ0) is 10.2. The largest absolute Gasteiger partial charge is 0.377 e. The van der Waals surface area contributed by atoms with Crippen molar-refractivity contribution >= 4 is 0 Å². The molecule has 0 bridgehead atoms. The Morgan fingerprint density at radius 1 is 1.29 bits per heavy atom. The molecule has 1 rings (SSSR count). The molecule has 2 heteroatoms. The maximum atomic E-state index is 5.62. The normalized spacial score (nSPS) is 21.0. The summed E-state index contributed by atoms with van der Waals surface area (Å²) in [4.78, 5) is 0.